The highest BCUT2D eigenvalue weighted by Crippen LogP contribution is 2.26. The van der Waals surface area contributed by atoms with Crippen molar-refractivity contribution in [3.05, 3.63) is 81.5 Å². The first-order valence-corrected chi connectivity index (χ1v) is 7.55. The maximum Gasteiger partial charge on any atom is 0.269 e. The van der Waals surface area contributed by atoms with E-state index in [9.17, 15) is 20.2 Å². The van der Waals surface area contributed by atoms with Crippen LogP contribution in [0.1, 0.15) is 21.9 Å². The fraction of sp³-hybridized carbons (Fsp3) is 0.0526. The number of ketones is 1. The molecule has 0 fully saturated rings. The van der Waals surface area contributed by atoms with Crippen LogP contribution in [-0.4, -0.2) is 10.7 Å². The Hall–Kier alpha value is -3.92. The Kier molecular flexibility index (Phi) is 4.50. The third kappa shape index (κ3) is 3.30. The number of carbonyl (C=O) groups excluding carboxylic acids is 1. The molecule has 1 aromatic carbocycles. The van der Waals surface area contributed by atoms with Gasteiger partial charge in [0.1, 0.15) is 28.9 Å². The second-order valence-corrected chi connectivity index (χ2v) is 5.40. The Balaban J connectivity index is 1.88. The van der Waals surface area contributed by atoms with Crippen LogP contribution in [0.25, 0.3) is 17.4 Å². The highest BCUT2D eigenvalue weighted by atomic mass is 16.6. The first-order chi connectivity index (χ1) is 12.5. The van der Waals surface area contributed by atoms with Crippen LogP contribution in [0.5, 0.6) is 0 Å². The smallest absolute Gasteiger partial charge is 0.269 e. The van der Waals surface area contributed by atoms with Gasteiger partial charge in [-0.15, -0.1) is 0 Å². The van der Waals surface area contributed by atoms with Crippen LogP contribution in [-0.2, 0) is 0 Å². The van der Waals surface area contributed by atoms with Crippen LogP contribution >= 0.6 is 0 Å². The van der Waals surface area contributed by atoms with Gasteiger partial charge in [-0.3, -0.25) is 14.9 Å². The zero-order chi connectivity index (χ0) is 18.7. The van der Waals surface area contributed by atoms with Crippen molar-refractivity contribution in [3.63, 3.8) is 0 Å². The van der Waals surface area contributed by atoms with Crippen LogP contribution in [0.2, 0.25) is 0 Å². The average molecular weight is 348 g/mol. The molecule has 26 heavy (non-hydrogen) atoms. The molecular weight excluding hydrogens is 336 g/mol. The minimum absolute atomic E-state index is 0.0201. The van der Waals surface area contributed by atoms with E-state index in [0.717, 1.165) is 0 Å². The van der Waals surface area contributed by atoms with Crippen molar-refractivity contribution in [1.82, 2.24) is 0 Å². The van der Waals surface area contributed by atoms with Crippen molar-refractivity contribution in [2.75, 3.05) is 0 Å². The maximum atomic E-state index is 12.4. The summed E-state index contributed by atoms with van der Waals surface area (Å²) in [4.78, 5) is 22.6. The number of hydrogen-bond donors (Lipinski definition) is 0. The first kappa shape index (κ1) is 16.9. The van der Waals surface area contributed by atoms with Crippen LogP contribution in [0.15, 0.2) is 63.1 Å². The minimum atomic E-state index is -0.483. The molecule has 2 aromatic heterocycles. The standard InChI is InChI=1S/C19H12N2O5/c1-12-17(8-9-25-12)19(22)14(11-20)10-16-6-7-18(26-16)13-2-4-15(5-3-13)21(23)24/h2-10H,1H3/b14-10+. The van der Waals surface area contributed by atoms with E-state index in [-0.39, 0.29) is 11.3 Å². The van der Waals surface area contributed by atoms with Crippen LogP contribution < -0.4 is 0 Å². The molecule has 0 amide bonds. The predicted molar refractivity (Wildman–Crippen MR) is 92.2 cm³/mol. The van der Waals surface area contributed by atoms with Gasteiger partial charge in [-0.05, 0) is 37.3 Å². The second-order valence-electron chi connectivity index (χ2n) is 5.40. The van der Waals surface area contributed by atoms with E-state index in [1.807, 2.05) is 6.07 Å². The van der Waals surface area contributed by atoms with E-state index < -0.39 is 10.7 Å². The molecule has 0 saturated heterocycles. The predicted octanol–water partition coefficient (Wildman–Crippen LogP) is 4.55. The Morgan fingerprint density at radius 1 is 1.19 bits per heavy atom. The first-order valence-electron chi connectivity index (χ1n) is 7.55. The van der Waals surface area contributed by atoms with E-state index in [4.69, 9.17) is 8.83 Å². The monoisotopic (exact) mass is 348 g/mol. The molecule has 0 aliphatic heterocycles. The lowest BCUT2D eigenvalue weighted by molar-refractivity contribution is -0.384. The number of nitro groups is 1. The fourth-order valence-corrected chi connectivity index (χ4v) is 2.39. The van der Waals surface area contributed by atoms with Crippen molar-refractivity contribution in [1.29, 1.82) is 5.26 Å². The number of nitriles is 1. The van der Waals surface area contributed by atoms with E-state index in [1.165, 1.54) is 30.5 Å². The van der Waals surface area contributed by atoms with E-state index in [2.05, 4.69) is 0 Å². The van der Waals surface area contributed by atoms with E-state index >= 15 is 0 Å². The van der Waals surface area contributed by atoms with E-state index in [0.29, 0.717) is 28.4 Å². The van der Waals surface area contributed by atoms with Gasteiger partial charge >= 0.3 is 0 Å². The van der Waals surface area contributed by atoms with Gasteiger partial charge in [0.25, 0.3) is 5.69 Å². The van der Waals surface area contributed by atoms with Gasteiger partial charge in [0.15, 0.2) is 0 Å². The zero-order valence-electron chi connectivity index (χ0n) is 13.6. The van der Waals surface area contributed by atoms with Gasteiger partial charge in [0.2, 0.25) is 5.78 Å². The number of non-ortho nitro benzene ring substituents is 1. The molecule has 3 rings (SSSR count). The zero-order valence-corrected chi connectivity index (χ0v) is 13.6. The normalized spacial score (nSPS) is 11.2. The molecule has 0 atom stereocenters. The number of Topliss-reactive ketones (excluding diaryl/α,β-unsaturated/α-hetero) is 1. The van der Waals surface area contributed by atoms with Crippen LogP contribution in [0.3, 0.4) is 0 Å². The van der Waals surface area contributed by atoms with Crippen molar-refractivity contribution in [2.24, 2.45) is 0 Å². The summed E-state index contributed by atoms with van der Waals surface area (Å²) in [6, 6.07) is 12.5. The van der Waals surface area contributed by atoms with Gasteiger partial charge in [0.05, 0.1) is 16.7 Å². The Morgan fingerprint density at radius 2 is 1.92 bits per heavy atom. The average Bonchev–Trinajstić information content (AvgIpc) is 3.28. The number of allylic oxidation sites excluding steroid dienone is 1. The van der Waals surface area contributed by atoms with Gasteiger partial charge in [-0.1, -0.05) is 0 Å². The third-order valence-corrected chi connectivity index (χ3v) is 3.74. The number of benzene rings is 1. The van der Waals surface area contributed by atoms with Crippen molar-refractivity contribution >= 4 is 17.5 Å². The summed E-state index contributed by atoms with van der Waals surface area (Å²) in [5.41, 5.74) is 0.859. The molecule has 3 aromatic rings. The molecular formula is C19H12N2O5. The molecule has 0 radical (unpaired) electrons. The Bertz CT molecular complexity index is 1050. The molecule has 0 unspecified atom stereocenters. The van der Waals surface area contributed by atoms with Gasteiger partial charge in [-0.25, -0.2) is 0 Å². The van der Waals surface area contributed by atoms with Crippen molar-refractivity contribution in [2.45, 2.75) is 6.92 Å². The Morgan fingerprint density at radius 3 is 2.50 bits per heavy atom. The molecule has 0 saturated carbocycles. The van der Waals surface area contributed by atoms with Crippen LogP contribution in [0, 0.1) is 28.4 Å². The largest absolute Gasteiger partial charge is 0.469 e. The topological polar surface area (TPSA) is 110 Å². The molecule has 7 heteroatoms. The molecule has 0 N–H and O–H groups in total. The summed E-state index contributed by atoms with van der Waals surface area (Å²) in [5.74, 6) is 0.772. The SMILES string of the molecule is Cc1occc1C(=O)/C(C#N)=C/c1ccc(-c2ccc([N+](=O)[O-])cc2)o1. The number of furan rings is 2. The lowest BCUT2D eigenvalue weighted by Crippen LogP contribution is -2.01. The summed E-state index contributed by atoms with van der Waals surface area (Å²) >= 11 is 0. The number of rotatable bonds is 5. The van der Waals surface area contributed by atoms with Gasteiger partial charge in [0, 0.05) is 23.8 Å². The minimum Gasteiger partial charge on any atom is -0.469 e. The van der Waals surface area contributed by atoms with Crippen molar-refractivity contribution < 1.29 is 18.6 Å². The summed E-state index contributed by atoms with van der Waals surface area (Å²) in [7, 11) is 0. The number of carbonyl (C=O) groups is 1. The highest BCUT2D eigenvalue weighted by Gasteiger charge is 2.17. The number of hydrogen-bond acceptors (Lipinski definition) is 6. The lowest BCUT2D eigenvalue weighted by Gasteiger charge is -1.98. The fourth-order valence-electron chi connectivity index (χ4n) is 2.39. The molecule has 2 heterocycles. The quantitative estimate of drug-likeness (QED) is 0.220. The lowest BCUT2D eigenvalue weighted by atomic mass is 10.0. The summed E-state index contributed by atoms with van der Waals surface area (Å²) in [6.45, 7) is 1.64. The second kappa shape index (κ2) is 6.91. The van der Waals surface area contributed by atoms with Crippen LogP contribution in [0.4, 0.5) is 5.69 Å². The maximum absolute atomic E-state index is 12.4. The Labute approximate surface area is 147 Å². The molecule has 0 aliphatic rings. The molecule has 0 aliphatic carbocycles. The van der Waals surface area contributed by atoms with Gasteiger partial charge < -0.3 is 8.83 Å². The summed E-state index contributed by atoms with van der Waals surface area (Å²) < 4.78 is 10.7. The van der Waals surface area contributed by atoms with Gasteiger partial charge in [-0.2, -0.15) is 5.26 Å². The summed E-state index contributed by atoms with van der Waals surface area (Å²) in [5, 5.41) is 20.0. The molecule has 128 valence electrons. The van der Waals surface area contributed by atoms with E-state index in [1.54, 1.807) is 31.2 Å². The third-order valence-electron chi connectivity index (χ3n) is 3.74. The number of nitrogens with zero attached hydrogens (tertiary/aromatic N) is 2. The van der Waals surface area contributed by atoms with Crippen molar-refractivity contribution in [3.8, 4) is 17.4 Å². The molecule has 7 nitrogen and oxygen atoms in total. The molecule has 0 bridgehead atoms. The molecule has 0 spiro atoms. The highest BCUT2D eigenvalue weighted by molar-refractivity contribution is 6.14. The summed E-state index contributed by atoms with van der Waals surface area (Å²) in [6.07, 6.45) is 2.74. The number of aryl methyl sites for hydroxylation is 1. The number of nitro benzene ring substituents is 1.